The van der Waals surface area contributed by atoms with Crippen LogP contribution in [0.15, 0.2) is 41.5 Å². The Morgan fingerprint density at radius 3 is 2.53 bits per heavy atom. The Bertz CT molecular complexity index is 1240. The summed E-state index contributed by atoms with van der Waals surface area (Å²) in [7, 11) is 1.04. The van der Waals surface area contributed by atoms with Crippen LogP contribution in [0.5, 0.6) is 5.75 Å². The van der Waals surface area contributed by atoms with E-state index in [0.717, 1.165) is 30.6 Å². The number of thiazole rings is 1. The van der Waals surface area contributed by atoms with Gasteiger partial charge in [-0.2, -0.15) is 0 Å². The number of methoxy groups -OCH3 is 1. The summed E-state index contributed by atoms with van der Waals surface area (Å²) >= 11 is 0.997. The minimum Gasteiger partial charge on any atom is -0.491 e. The Hall–Kier alpha value is -3.86. The molecule has 3 aromatic rings. The molecule has 0 spiro atoms. The highest BCUT2D eigenvalue weighted by Gasteiger charge is 2.19. The topological polar surface area (TPSA) is 97.8 Å². The van der Waals surface area contributed by atoms with Gasteiger partial charge in [0.1, 0.15) is 11.6 Å². The summed E-state index contributed by atoms with van der Waals surface area (Å²) < 4.78 is 53.4. The molecule has 7 nitrogen and oxygen atoms in total. The summed E-state index contributed by atoms with van der Waals surface area (Å²) in [6.07, 6.45) is 1.39. The van der Waals surface area contributed by atoms with Gasteiger partial charge < -0.3 is 14.6 Å². The molecule has 0 bridgehead atoms. The number of amides is 1. The molecule has 2 N–H and O–H groups in total. The highest BCUT2D eigenvalue weighted by Crippen LogP contribution is 2.31. The van der Waals surface area contributed by atoms with E-state index in [0.29, 0.717) is 19.1 Å². The maximum absolute atomic E-state index is 14.7. The normalized spacial score (nSPS) is 11.3. The number of carbonyl (C=O) groups excluding carboxylic acids is 1. The number of carbonyl (C=O) groups is 2. The molecule has 0 atom stereocenters. The first-order chi connectivity index (χ1) is 16.2. The number of carboxylic acid groups (broad SMARTS) is 1. The summed E-state index contributed by atoms with van der Waals surface area (Å²) in [6, 6.07) is 6.13. The molecule has 0 fully saturated rings. The third-order valence-corrected chi connectivity index (χ3v) is 5.23. The van der Waals surface area contributed by atoms with E-state index in [4.69, 9.17) is 9.84 Å². The number of rotatable bonds is 9. The number of aromatic nitrogens is 1. The second-order valence-electron chi connectivity index (χ2n) is 6.83. The molecule has 0 aliphatic heterocycles. The minimum atomic E-state index is -1.51. The zero-order valence-electron chi connectivity index (χ0n) is 18.0. The molecule has 1 aromatic heterocycles. The number of nitrogens with one attached hydrogen (secondary N) is 1. The molecule has 0 radical (unpaired) electrons. The molecule has 1 heterocycles. The van der Waals surface area contributed by atoms with Crippen molar-refractivity contribution in [3.8, 4) is 17.0 Å². The van der Waals surface area contributed by atoms with E-state index >= 15 is 0 Å². The summed E-state index contributed by atoms with van der Waals surface area (Å²) in [4.78, 5) is 27.7. The SMILES string of the molecule is CCCOc1cccc(-c2csc(NC(=O)c3cc(F)c(/C=C(/OC)C(=O)O)c(F)c3)n2)c1F. The van der Waals surface area contributed by atoms with Crippen LogP contribution in [0.25, 0.3) is 17.3 Å². The monoisotopic (exact) mass is 492 g/mol. The number of aliphatic carboxylic acids is 1. The smallest absolute Gasteiger partial charge is 0.371 e. The molecule has 0 unspecified atom stereocenters. The predicted octanol–water partition coefficient (Wildman–Crippen LogP) is 5.34. The van der Waals surface area contributed by atoms with E-state index in [2.05, 4.69) is 15.0 Å². The number of ether oxygens (including phenoxy) is 2. The molecule has 0 aliphatic carbocycles. The highest BCUT2D eigenvalue weighted by atomic mass is 32.1. The van der Waals surface area contributed by atoms with Gasteiger partial charge in [0.05, 0.1) is 19.4 Å². The second-order valence-corrected chi connectivity index (χ2v) is 7.69. The van der Waals surface area contributed by atoms with Crippen molar-refractivity contribution in [3.05, 3.63) is 70.0 Å². The molecule has 0 saturated carbocycles. The lowest BCUT2D eigenvalue weighted by atomic mass is 10.1. The van der Waals surface area contributed by atoms with Crippen molar-refractivity contribution in [2.24, 2.45) is 0 Å². The van der Waals surface area contributed by atoms with Crippen molar-refractivity contribution in [3.63, 3.8) is 0 Å². The molecule has 178 valence electrons. The van der Waals surface area contributed by atoms with Gasteiger partial charge >= 0.3 is 5.97 Å². The third kappa shape index (κ3) is 5.54. The first-order valence-electron chi connectivity index (χ1n) is 9.91. The van der Waals surface area contributed by atoms with Gasteiger partial charge in [0.2, 0.25) is 5.76 Å². The van der Waals surface area contributed by atoms with Crippen LogP contribution in [0, 0.1) is 17.5 Å². The van der Waals surface area contributed by atoms with Gasteiger partial charge in [0, 0.05) is 28.1 Å². The molecule has 11 heteroatoms. The summed E-state index contributed by atoms with van der Waals surface area (Å²) in [6.45, 7) is 2.25. The fourth-order valence-corrected chi connectivity index (χ4v) is 3.55. The van der Waals surface area contributed by atoms with Crippen LogP contribution in [0.4, 0.5) is 18.3 Å². The average Bonchev–Trinajstić information content (AvgIpc) is 3.25. The fraction of sp³-hybridized carbons (Fsp3) is 0.174. The van der Waals surface area contributed by atoms with E-state index in [-0.39, 0.29) is 27.7 Å². The van der Waals surface area contributed by atoms with Crippen LogP contribution in [-0.4, -0.2) is 35.7 Å². The maximum atomic E-state index is 14.7. The minimum absolute atomic E-state index is 0.0802. The first kappa shape index (κ1) is 24.8. The highest BCUT2D eigenvalue weighted by molar-refractivity contribution is 7.14. The van der Waals surface area contributed by atoms with Crippen LogP contribution in [0.1, 0.15) is 29.3 Å². The second kappa shape index (κ2) is 10.8. The molecule has 2 aromatic carbocycles. The molecular weight excluding hydrogens is 473 g/mol. The Kier molecular flexibility index (Phi) is 7.90. The van der Waals surface area contributed by atoms with Gasteiger partial charge in [-0.1, -0.05) is 13.0 Å². The lowest BCUT2D eigenvalue weighted by molar-refractivity contribution is -0.135. The zero-order valence-corrected chi connectivity index (χ0v) is 18.8. The van der Waals surface area contributed by atoms with Crippen LogP contribution in [0.3, 0.4) is 0 Å². The Morgan fingerprint density at radius 2 is 1.91 bits per heavy atom. The van der Waals surface area contributed by atoms with E-state index < -0.39 is 40.7 Å². The summed E-state index contributed by atoms with van der Waals surface area (Å²) in [5.41, 5.74) is -0.614. The average molecular weight is 492 g/mol. The standard InChI is InChI=1S/C23H19F3N2O5S/c1-3-7-33-18-6-4-5-13(20(18)26)17-11-34-23(27-17)28-21(29)12-8-15(24)14(16(25)9-12)10-19(32-2)22(30)31/h4-6,8-11H,3,7H2,1-2H3,(H,30,31)(H,27,28,29)/b19-10+. The number of benzene rings is 2. The van der Waals surface area contributed by atoms with Gasteiger partial charge in [-0.3, -0.25) is 10.1 Å². The molecule has 1 amide bonds. The molecular formula is C23H19F3N2O5S. The first-order valence-corrected chi connectivity index (χ1v) is 10.8. The van der Waals surface area contributed by atoms with Crippen molar-refractivity contribution in [1.82, 2.24) is 4.98 Å². The number of carboxylic acids is 1. The summed E-state index contributed by atoms with van der Waals surface area (Å²) in [5, 5.41) is 12.9. The largest absolute Gasteiger partial charge is 0.491 e. The van der Waals surface area contributed by atoms with Crippen LogP contribution in [-0.2, 0) is 9.53 Å². The van der Waals surface area contributed by atoms with E-state index in [9.17, 15) is 22.8 Å². The molecule has 0 aliphatic rings. The lowest BCUT2D eigenvalue weighted by Gasteiger charge is -2.08. The molecule has 34 heavy (non-hydrogen) atoms. The van der Waals surface area contributed by atoms with Crippen LogP contribution in [0.2, 0.25) is 0 Å². The Morgan fingerprint density at radius 1 is 1.21 bits per heavy atom. The van der Waals surface area contributed by atoms with Crippen molar-refractivity contribution in [1.29, 1.82) is 0 Å². The Balaban J connectivity index is 1.81. The number of hydrogen-bond acceptors (Lipinski definition) is 6. The van der Waals surface area contributed by atoms with Crippen molar-refractivity contribution >= 4 is 34.4 Å². The third-order valence-electron chi connectivity index (χ3n) is 4.47. The number of anilines is 1. The zero-order chi connectivity index (χ0) is 24.8. The quantitative estimate of drug-likeness (QED) is 0.309. The van der Waals surface area contributed by atoms with Gasteiger partial charge in [-0.25, -0.2) is 22.9 Å². The van der Waals surface area contributed by atoms with Gasteiger partial charge in [-0.05, 0) is 30.7 Å². The van der Waals surface area contributed by atoms with Crippen molar-refractivity contribution in [2.75, 3.05) is 19.0 Å². The fourth-order valence-electron chi connectivity index (χ4n) is 2.85. The summed E-state index contributed by atoms with van der Waals surface area (Å²) in [5.74, 6) is -5.89. The number of halogens is 3. The predicted molar refractivity (Wildman–Crippen MR) is 120 cm³/mol. The van der Waals surface area contributed by atoms with E-state index in [1.807, 2.05) is 6.92 Å². The number of hydrogen-bond donors (Lipinski definition) is 2. The number of nitrogens with zero attached hydrogens (tertiary/aromatic N) is 1. The lowest BCUT2D eigenvalue weighted by Crippen LogP contribution is -2.13. The van der Waals surface area contributed by atoms with Gasteiger partial charge in [0.15, 0.2) is 16.7 Å². The molecule has 3 rings (SSSR count). The van der Waals surface area contributed by atoms with Crippen LogP contribution >= 0.6 is 11.3 Å². The van der Waals surface area contributed by atoms with Crippen molar-refractivity contribution < 1.29 is 37.3 Å². The van der Waals surface area contributed by atoms with E-state index in [1.54, 1.807) is 6.07 Å². The molecule has 0 saturated heterocycles. The Labute approximate surface area is 196 Å². The van der Waals surface area contributed by atoms with Crippen molar-refractivity contribution in [2.45, 2.75) is 13.3 Å². The maximum Gasteiger partial charge on any atom is 0.371 e. The van der Waals surface area contributed by atoms with Gasteiger partial charge in [-0.15, -0.1) is 11.3 Å². The van der Waals surface area contributed by atoms with Gasteiger partial charge in [0.25, 0.3) is 5.91 Å². The van der Waals surface area contributed by atoms with Crippen LogP contribution < -0.4 is 10.1 Å². The van der Waals surface area contributed by atoms with E-state index in [1.165, 1.54) is 17.5 Å².